The Balaban J connectivity index is 2.22. The highest BCUT2D eigenvalue weighted by atomic mass is 16.5. The number of benzene rings is 2. The highest BCUT2D eigenvalue weighted by Gasteiger charge is 2.29. The van der Waals surface area contributed by atoms with E-state index in [1.54, 1.807) is 12.1 Å². The molecule has 0 aromatic heterocycles. The fourth-order valence-electron chi connectivity index (χ4n) is 2.51. The molecule has 0 unspecified atom stereocenters. The van der Waals surface area contributed by atoms with Crippen LogP contribution >= 0.6 is 0 Å². The number of methoxy groups -OCH3 is 3. The van der Waals surface area contributed by atoms with Gasteiger partial charge >= 0.3 is 12.1 Å². The molecule has 0 saturated heterocycles. The first-order chi connectivity index (χ1) is 13.0. The van der Waals surface area contributed by atoms with Gasteiger partial charge in [-0.25, -0.2) is 9.59 Å². The zero-order chi connectivity index (χ0) is 19.8. The number of carbonyl (C=O) groups excluding carboxylic acids is 1. The van der Waals surface area contributed by atoms with Crippen molar-refractivity contribution in [2.45, 2.75) is 12.6 Å². The van der Waals surface area contributed by atoms with E-state index < -0.39 is 18.1 Å². The van der Waals surface area contributed by atoms with Crippen molar-refractivity contribution >= 4 is 12.1 Å². The van der Waals surface area contributed by atoms with E-state index in [9.17, 15) is 14.7 Å². The number of carboxylic acids is 1. The molecule has 0 saturated carbocycles. The molecule has 0 spiro atoms. The second kappa shape index (κ2) is 9.33. The van der Waals surface area contributed by atoms with E-state index in [-0.39, 0.29) is 23.7 Å². The van der Waals surface area contributed by atoms with Crippen LogP contribution in [-0.4, -0.2) is 38.5 Å². The van der Waals surface area contributed by atoms with Crippen molar-refractivity contribution in [3.63, 3.8) is 0 Å². The quantitative estimate of drug-likeness (QED) is 0.731. The number of aliphatic carboxylic acids is 1. The summed E-state index contributed by atoms with van der Waals surface area (Å²) >= 11 is 0. The number of carboxylic acid groups (broad SMARTS) is 1. The van der Waals surface area contributed by atoms with Crippen LogP contribution in [-0.2, 0) is 16.1 Å². The molecule has 0 aliphatic carbocycles. The molecule has 27 heavy (non-hydrogen) atoms. The van der Waals surface area contributed by atoms with Gasteiger partial charge in [0.05, 0.1) is 21.3 Å². The van der Waals surface area contributed by atoms with Crippen LogP contribution in [0.3, 0.4) is 0 Å². The van der Waals surface area contributed by atoms with Crippen LogP contribution in [0.4, 0.5) is 4.79 Å². The number of hydrogen-bond acceptors (Lipinski definition) is 6. The second-order valence-corrected chi connectivity index (χ2v) is 5.40. The highest BCUT2D eigenvalue weighted by Crippen LogP contribution is 2.42. The number of amides is 1. The van der Waals surface area contributed by atoms with Crippen molar-refractivity contribution in [3.8, 4) is 17.2 Å². The van der Waals surface area contributed by atoms with Crippen LogP contribution in [0.1, 0.15) is 17.2 Å². The van der Waals surface area contributed by atoms with Gasteiger partial charge < -0.3 is 29.4 Å². The summed E-state index contributed by atoms with van der Waals surface area (Å²) in [5, 5.41) is 11.9. The maximum absolute atomic E-state index is 12.1. The zero-order valence-electron chi connectivity index (χ0n) is 15.2. The van der Waals surface area contributed by atoms with Crippen LogP contribution in [0.2, 0.25) is 0 Å². The Hall–Kier alpha value is -3.42. The van der Waals surface area contributed by atoms with Gasteiger partial charge in [0.15, 0.2) is 17.5 Å². The summed E-state index contributed by atoms with van der Waals surface area (Å²) in [6, 6.07) is 10.7. The van der Waals surface area contributed by atoms with Crippen molar-refractivity contribution in [2.24, 2.45) is 0 Å². The van der Waals surface area contributed by atoms with Crippen LogP contribution in [0.5, 0.6) is 17.2 Å². The van der Waals surface area contributed by atoms with E-state index in [2.05, 4.69) is 5.32 Å². The van der Waals surface area contributed by atoms with Crippen molar-refractivity contribution < 1.29 is 33.6 Å². The minimum absolute atomic E-state index is 0.0160. The number of rotatable bonds is 8. The molecule has 2 aromatic carbocycles. The van der Waals surface area contributed by atoms with Gasteiger partial charge in [0.1, 0.15) is 6.61 Å². The summed E-state index contributed by atoms with van der Waals surface area (Å²) in [7, 11) is 4.22. The van der Waals surface area contributed by atoms with E-state index >= 15 is 0 Å². The van der Waals surface area contributed by atoms with Crippen LogP contribution in [0.25, 0.3) is 0 Å². The second-order valence-electron chi connectivity index (χ2n) is 5.40. The summed E-state index contributed by atoms with van der Waals surface area (Å²) in [5.41, 5.74) is 0.975. The molecule has 0 aliphatic heterocycles. The van der Waals surface area contributed by atoms with E-state index in [0.29, 0.717) is 5.75 Å². The molecule has 144 valence electrons. The predicted molar refractivity (Wildman–Crippen MR) is 96.2 cm³/mol. The van der Waals surface area contributed by atoms with E-state index in [1.807, 2.05) is 18.2 Å². The molecule has 1 atom stereocenters. The lowest BCUT2D eigenvalue weighted by atomic mass is 10.0. The molecule has 2 rings (SSSR count). The molecule has 0 fully saturated rings. The third-order valence-electron chi connectivity index (χ3n) is 3.77. The first-order valence-electron chi connectivity index (χ1n) is 8.00. The Bertz CT molecular complexity index is 792. The molecule has 0 radical (unpaired) electrons. The standard InChI is InChI=1S/C19H21NO7/c1-24-14-10-9-13(16(25-2)17(14)26-3)15(18(21)22)20-19(23)27-11-12-7-5-4-6-8-12/h4-10,15H,11H2,1-3H3,(H,20,23)(H,21,22)/t15-/m1/s1. The minimum Gasteiger partial charge on any atom is -0.493 e. The monoisotopic (exact) mass is 375 g/mol. The number of carbonyl (C=O) groups is 2. The molecule has 0 aliphatic rings. The zero-order valence-corrected chi connectivity index (χ0v) is 15.2. The topological polar surface area (TPSA) is 103 Å². The molecule has 1 amide bonds. The smallest absolute Gasteiger partial charge is 0.408 e. The Labute approximate surface area is 156 Å². The van der Waals surface area contributed by atoms with Gasteiger partial charge in [0.25, 0.3) is 0 Å². The van der Waals surface area contributed by atoms with E-state index in [0.717, 1.165) is 5.56 Å². The summed E-state index contributed by atoms with van der Waals surface area (Å²) in [5.74, 6) is -0.540. The van der Waals surface area contributed by atoms with Gasteiger partial charge in [-0.2, -0.15) is 0 Å². The Morgan fingerprint density at radius 2 is 1.63 bits per heavy atom. The summed E-state index contributed by atoms with van der Waals surface area (Å²) in [4.78, 5) is 23.8. The van der Waals surface area contributed by atoms with Crippen LogP contribution < -0.4 is 19.5 Å². The van der Waals surface area contributed by atoms with Crippen LogP contribution in [0.15, 0.2) is 42.5 Å². The van der Waals surface area contributed by atoms with Gasteiger partial charge in [-0.3, -0.25) is 0 Å². The van der Waals surface area contributed by atoms with Crippen molar-refractivity contribution in [3.05, 3.63) is 53.6 Å². The third kappa shape index (κ3) is 4.81. The summed E-state index contributed by atoms with van der Waals surface area (Å²) < 4.78 is 20.8. The number of alkyl carbamates (subject to hydrolysis) is 1. The number of ether oxygens (including phenoxy) is 4. The largest absolute Gasteiger partial charge is 0.493 e. The predicted octanol–water partition coefficient (Wildman–Crippen LogP) is 2.76. The highest BCUT2D eigenvalue weighted by molar-refractivity contribution is 5.83. The van der Waals surface area contributed by atoms with Gasteiger partial charge in [-0.1, -0.05) is 30.3 Å². The molecule has 8 heteroatoms. The first kappa shape index (κ1) is 19.9. The van der Waals surface area contributed by atoms with Gasteiger partial charge in [-0.15, -0.1) is 0 Å². The number of hydrogen-bond donors (Lipinski definition) is 2. The lowest BCUT2D eigenvalue weighted by Gasteiger charge is -2.20. The fourth-order valence-corrected chi connectivity index (χ4v) is 2.51. The minimum atomic E-state index is -1.40. The summed E-state index contributed by atoms with van der Waals surface area (Å²) in [6.07, 6.45) is -0.872. The lowest BCUT2D eigenvalue weighted by Crippen LogP contribution is -2.34. The Morgan fingerprint density at radius 3 is 2.19 bits per heavy atom. The molecule has 2 aromatic rings. The molecule has 2 N–H and O–H groups in total. The van der Waals surface area contributed by atoms with E-state index in [1.165, 1.54) is 33.5 Å². The molecular weight excluding hydrogens is 354 g/mol. The van der Waals surface area contributed by atoms with Crippen molar-refractivity contribution in [1.82, 2.24) is 5.32 Å². The SMILES string of the molecule is COc1ccc([C@@H](NC(=O)OCc2ccccc2)C(=O)O)c(OC)c1OC. The molecule has 8 nitrogen and oxygen atoms in total. The van der Waals surface area contributed by atoms with Crippen molar-refractivity contribution in [2.75, 3.05) is 21.3 Å². The Morgan fingerprint density at radius 1 is 0.963 bits per heavy atom. The van der Waals surface area contributed by atoms with Crippen LogP contribution in [0, 0.1) is 0 Å². The van der Waals surface area contributed by atoms with Gasteiger partial charge in [-0.05, 0) is 17.7 Å². The third-order valence-corrected chi connectivity index (χ3v) is 3.77. The van der Waals surface area contributed by atoms with E-state index in [4.69, 9.17) is 18.9 Å². The average Bonchev–Trinajstić information content (AvgIpc) is 2.69. The van der Waals surface area contributed by atoms with Crippen molar-refractivity contribution in [1.29, 1.82) is 0 Å². The average molecular weight is 375 g/mol. The maximum atomic E-state index is 12.1. The summed E-state index contributed by atoms with van der Waals surface area (Å²) in [6.45, 7) is 0.0160. The molecular formula is C19H21NO7. The molecule has 0 bridgehead atoms. The number of nitrogens with one attached hydrogen (secondary N) is 1. The Kier molecular flexibility index (Phi) is 6.87. The lowest BCUT2D eigenvalue weighted by molar-refractivity contribution is -0.139. The fraction of sp³-hybridized carbons (Fsp3) is 0.263. The molecule has 0 heterocycles. The normalized spacial score (nSPS) is 11.2. The van der Waals surface area contributed by atoms with Gasteiger partial charge in [0, 0.05) is 5.56 Å². The van der Waals surface area contributed by atoms with Gasteiger partial charge in [0.2, 0.25) is 5.75 Å². The first-order valence-corrected chi connectivity index (χ1v) is 8.00. The maximum Gasteiger partial charge on any atom is 0.408 e.